The molecule has 45 heavy (non-hydrogen) atoms. The molecule has 1 nitrogen and oxygen atoms in total. The minimum atomic E-state index is -1.10. The van der Waals surface area contributed by atoms with E-state index in [1.165, 1.54) is 0 Å². The van der Waals surface area contributed by atoms with E-state index >= 15 is 0 Å². The van der Waals surface area contributed by atoms with Gasteiger partial charge >= 0.3 is 0 Å². The molecule has 0 saturated carbocycles. The number of hydrogen-bond donors (Lipinski definition) is 0. The molecule has 0 unspecified atom stereocenters. The minimum absolute atomic E-state index is 0.545. The zero-order valence-corrected chi connectivity index (χ0v) is 22.4. The van der Waals surface area contributed by atoms with Gasteiger partial charge in [-0.1, -0.05) is 151 Å². The largest absolute Gasteiger partial charge is 0.456 e. The third kappa shape index (κ3) is 4.17. The van der Waals surface area contributed by atoms with Crippen LogP contribution in [0.3, 0.4) is 0 Å². The highest BCUT2D eigenvalue weighted by molar-refractivity contribution is 6.21. The van der Waals surface area contributed by atoms with Gasteiger partial charge in [0.1, 0.15) is 11.2 Å². The molecule has 0 spiro atoms. The van der Waals surface area contributed by atoms with Gasteiger partial charge in [0.15, 0.2) is 0 Å². The van der Waals surface area contributed by atoms with Gasteiger partial charge in [0.25, 0.3) is 0 Å². The van der Waals surface area contributed by atoms with Crippen LogP contribution >= 0.6 is 0 Å². The zero-order valence-electron chi connectivity index (χ0n) is 50.4. The first-order valence-corrected chi connectivity index (χ1v) is 13.2. The lowest BCUT2D eigenvalue weighted by Gasteiger charge is -2.18. The van der Waals surface area contributed by atoms with Gasteiger partial charge < -0.3 is 4.42 Å². The van der Waals surface area contributed by atoms with Crippen LogP contribution in [0.1, 0.15) is 38.4 Å². The van der Waals surface area contributed by atoms with E-state index in [1.807, 2.05) is 0 Å². The van der Waals surface area contributed by atoms with Gasteiger partial charge in [0, 0.05) is 10.8 Å². The van der Waals surface area contributed by atoms with Gasteiger partial charge in [0.2, 0.25) is 0 Å². The Morgan fingerprint density at radius 1 is 0.333 bits per heavy atom. The van der Waals surface area contributed by atoms with Crippen molar-refractivity contribution in [2.24, 2.45) is 0 Å². The van der Waals surface area contributed by atoms with Crippen molar-refractivity contribution in [2.45, 2.75) is 0 Å². The van der Waals surface area contributed by atoms with Gasteiger partial charge in [-0.05, 0) is 84.2 Å². The van der Waals surface area contributed by atoms with Gasteiger partial charge in [-0.2, -0.15) is 0 Å². The Morgan fingerprint density at radius 2 is 0.822 bits per heavy atom. The Kier molecular flexibility index (Phi) is 2.32. The van der Waals surface area contributed by atoms with Crippen LogP contribution in [0.4, 0.5) is 0 Å². The molecule has 0 aliphatic rings. The van der Waals surface area contributed by atoms with E-state index in [9.17, 15) is 12.3 Å². The Labute approximate surface area is 301 Å². The number of benzene rings is 8. The lowest BCUT2D eigenvalue weighted by molar-refractivity contribution is 0.669. The third-order valence-corrected chi connectivity index (χ3v) is 7.07. The van der Waals surface area contributed by atoms with Crippen LogP contribution in [0.15, 0.2) is 174 Å². The maximum absolute atomic E-state index is 9.59. The van der Waals surface area contributed by atoms with Crippen LogP contribution < -0.4 is 0 Å². The third-order valence-electron chi connectivity index (χ3n) is 7.07. The molecule has 0 bridgehead atoms. The lowest BCUT2D eigenvalue weighted by atomic mass is 9.85. The Morgan fingerprint density at radius 3 is 1.42 bits per heavy atom. The predicted molar refractivity (Wildman–Crippen MR) is 190 cm³/mol. The van der Waals surface area contributed by atoms with Crippen molar-refractivity contribution >= 4 is 43.5 Å². The van der Waals surface area contributed by atoms with E-state index < -0.39 is 257 Å². The molecule has 0 amide bonds. The summed E-state index contributed by atoms with van der Waals surface area (Å²) in [5.74, 6) is 0. The van der Waals surface area contributed by atoms with Crippen LogP contribution in [0.2, 0.25) is 0 Å². The van der Waals surface area contributed by atoms with Crippen molar-refractivity contribution in [1.29, 1.82) is 0 Å². The van der Waals surface area contributed by atoms with Gasteiger partial charge in [-0.25, -0.2) is 0 Å². The maximum Gasteiger partial charge on any atom is 0.136 e. The summed E-state index contributed by atoms with van der Waals surface area (Å²) in [5, 5.41) is -3.95. The molecule has 0 aliphatic heterocycles. The van der Waals surface area contributed by atoms with E-state index in [-0.39, 0.29) is 0 Å². The van der Waals surface area contributed by atoms with Crippen LogP contribution in [0, 0.1) is 0 Å². The second-order valence-electron chi connectivity index (χ2n) is 9.51. The summed E-state index contributed by atoms with van der Waals surface area (Å²) in [5.41, 5.74) is -7.23. The fourth-order valence-corrected chi connectivity index (χ4v) is 5.20. The molecule has 1 heteroatoms. The number of hydrogen-bond acceptors (Lipinski definition) is 1. The molecule has 1 aromatic heterocycles. The molecule has 0 radical (unpaired) electrons. The zero-order chi connectivity index (χ0) is 54.1. The van der Waals surface area contributed by atoms with Crippen LogP contribution in [-0.2, 0) is 0 Å². The first-order valence-electron chi connectivity index (χ1n) is 27.2. The molecule has 0 aliphatic carbocycles. The molecular formula is C44H28O. The number of fused-ring (bicyclic) bond motifs is 5. The Bertz CT molecular complexity index is 3950. The van der Waals surface area contributed by atoms with E-state index in [0.717, 1.165) is 0 Å². The summed E-state index contributed by atoms with van der Waals surface area (Å²) in [6, 6.07) is -26.3. The standard InChI is InChI=1S/C44H28O/c1-3-12-29(13-4-1)33-26-27-39-41(28-33)45-40-21-11-20-34(44(39)40)30-22-24-32(25-23-30)43-37-18-9-7-16-35(37)42(31-14-5-2-6-15-31)36-17-8-10-19-38(36)43/h1-28H/i1D,2D,3D,4D,5D,6D,7D,8D,9D,10D,11D,12D,13D,14D,15D,16D,17D,18D,19D,20D,21D,22D,23D,24D,25D,26D,27D,28D. The van der Waals surface area contributed by atoms with Gasteiger partial charge in [-0.15, -0.1) is 0 Å². The Hall–Kier alpha value is -5.92. The van der Waals surface area contributed by atoms with E-state index in [1.54, 1.807) is 0 Å². The second-order valence-corrected chi connectivity index (χ2v) is 9.51. The number of rotatable bonds is 4. The van der Waals surface area contributed by atoms with Gasteiger partial charge in [-0.3, -0.25) is 0 Å². The highest BCUT2D eigenvalue weighted by atomic mass is 16.3. The summed E-state index contributed by atoms with van der Waals surface area (Å²) in [6.07, 6.45) is 0. The highest BCUT2D eigenvalue weighted by Gasteiger charge is 2.17. The molecule has 0 saturated heterocycles. The van der Waals surface area contributed by atoms with Crippen molar-refractivity contribution in [2.75, 3.05) is 0 Å². The summed E-state index contributed by atoms with van der Waals surface area (Å²) in [7, 11) is 0. The summed E-state index contributed by atoms with van der Waals surface area (Å²) in [6.45, 7) is 0. The van der Waals surface area contributed by atoms with E-state index in [2.05, 4.69) is 0 Å². The predicted octanol–water partition coefficient (Wildman–Crippen LogP) is 12.6. The molecule has 9 rings (SSSR count). The van der Waals surface area contributed by atoms with Crippen molar-refractivity contribution < 1.29 is 42.8 Å². The smallest absolute Gasteiger partial charge is 0.136 e. The first-order chi connectivity index (χ1) is 34.0. The monoisotopic (exact) mass is 600 g/mol. The lowest BCUT2D eigenvalue weighted by Crippen LogP contribution is -1.90. The van der Waals surface area contributed by atoms with Crippen molar-refractivity contribution in [3.05, 3.63) is 169 Å². The molecular weight excluding hydrogens is 544 g/mol. The Balaban J connectivity index is 1.49. The van der Waals surface area contributed by atoms with Crippen molar-refractivity contribution in [3.63, 3.8) is 0 Å². The van der Waals surface area contributed by atoms with Crippen LogP contribution in [0.25, 0.3) is 88.0 Å². The molecule has 0 N–H and O–H groups in total. The van der Waals surface area contributed by atoms with E-state index in [4.69, 9.17) is 30.5 Å². The average Bonchev–Trinajstić information content (AvgIpc) is 3.77. The topological polar surface area (TPSA) is 13.1 Å². The minimum Gasteiger partial charge on any atom is -0.456 e. The van der Waals surface area contributed by atoms with Gasteiger partial charge in [0.05, 0.1) is 38.4 Å². The first kappa shape index (κ1) is 10.1. The quantitative estimate of drug-likeness (QED) is 0.183. The van der Waals surface area contributed by atoms with E-state index in [0.29, 0.717) is 0 Å². The highest BCUT2D eigenvalue weighted by Crippen LogP contribution is 2.44. The SMILES string of the molecule is [2H]c1c([2H])c([2H])c(-c2c([2H])c([2H])c3c(oc4c([2H])c([2H])c([2H])c(-c5c([2H])c([2H])c(-c6c7c([2H])c([2H])c([2H])c([2H])c7c(-c7c([2H])c([2H])c([2H])c([2H])c7[2H])c7c([2H])c([2H])c([2H])c([2H])c67)c([2H])c5[2H])c43)c2[2H])c([2H])c1[2H]. The average molecular weight is 601 g/mol. The van der Waals surface area contributed by atoms with Crippen LogP contribution in [-0.4, -0.2) is 0 Å². The summed E-state index contributed by atoms with van der Waals surface area (Å²) >= 11 is 0. The molecule has 0 atom stereocenters. The number of furan rings is 1. The van der Waals surface area contributed by atoms with Crippen LogP contribution in [0.5, 0.6) is 0 Å². The summed E-state index contributed by atoms with van der Waals surface area (Å²) < 4.78 is 254. The fraction of sp³-hybridized carbons (Fsp3) is 0. The molecule has 210 valence electrons. The normalized spacial score (nSPS) is 20.3. The molecule has 0 fully saturated rings. The summed E-state index contributed by atoms with van der Waals surface area (Å²) in [4.78, 5) is 0. The molecule has 1 heterocycles. The molecule has 9 aromatic rings. The second kappa shape index (κ2) is 10.4. The van der Waals surface area contributed by atoms with Crippen molar-refractivity contribution in [1.82, 2.24) is 0 Å². The maximum atomic E-state index is 9.59. The van der Waals surface area contributed by atoms with Crippen molar-refractivity contribution in [3.8, 4) is 44.5 Å². The fourth-order valence-electron chi connectivity index (χ4n) is 5.20. The molecule has 8 aromatic carbocycles.